The van der Waals surface area contributed by atoms with Crippen molar-refractivity contribution in [3.63, 3.8) is 0 Å². The summed E-state index contributed by atoms with van der Waals surface area (Å²) in [7, 11) is 1.97. The molecule has 0 fully saturated rings. The van der Waals surface area contributed by atoms with Crippen LogP contribution in [0.15, 0.2) is 61.2 Å². The van der Waals surface area contributed by atoms with Crippen LogP contribution in [0.5, 0.6) is 0 Å². The van der Waals surface area contributed by atoms with Gasteiger partial charge in [0.05, 0.1) is 28.7 Å². The lowest BCUT2D eigenvalue weighted by molar-refractivity contribution is 0.948. The van der Waals surface area contributed by atoms with Crippen LogP contribution in [0.3, 0.4) is 0 Å². The first-order valence-corrected chi connectivity index (χ1v) is 7.22. The van der Waals surface area contributed by atoms with E-state index in [2.05, 4.69) is 25.3 Å². The molecule has 112 valence electrons. The summed E-state index contributed by atoms with van der Waals surface area (Å²) in [5, 5.41) is 3.22. The van der Waals surface area contributed by atoms with Gasteiger partial charge in [-0.1, -0.05) is 6.07 Å². The van der Waals surface area contributed by atoms with E-state index in [0.717, 1.165) is 28.1 Å². The molecule has 0 bridgehead atoms. The van der Waals surface area contributed by atoms with E-state index in [0.29, 0.717) is 5.95 Å². The summed E-state index contributed by atoms with van der Waals surface area (Å²) in [4.78, 5) is 17.5. The molecule has 1 N–H and O–H groups in total. The van der Waals surface area contributed by atoms with E-state index in [4.69, 9.17) is 0 Å². The molecule has 0 amide bonds. The van der Waals surface area contributed by atoms with Crippen LogP contribution in [0.1, 0.15) is 0 Å². The quantitative estimate of drug-likeness (QED) is 0.629. The van der Waals surface area contributed by atoms with Gasteiger partial charge in [-0.25, -0.2) is 15.0 Å². The van der Waals surface area contributed by atoms with Crippen LogP contribution >= 0.6 is 0 Å². The molecule has 0 unspecified atom stereocenters. The van der Waals surface area contributed by atoms with E-state index in [9.17, 15) is 0 Å². The van der Waals surface area contributed by atoms with Gasteiger partial charge in [-0.3, -0.25) is 4.98 Å². The molecule has 0 aliphatic rings. The maximum atomic E-state index is 4.51. The first-order chi connectivity index (χ1) is 11.3. The minimum absolute atomic E-state index is 0.531. The third-order valence-corrected chi connectivity index (χ3v) is 3.56. The molecule has 0 radical (unpaired) electrons. The fourth-order valence-electron chi connectivity index (χ4n) is 2.42. The van der Waals surface area contributed by atoms with Crippen LogP contribution in [0.4, 0.5) is 11.6 Å². The summed E-state index contributed by atoms with van der Waals surface area (Å²) in [6, 6.07) is 13.6. The van der Waals surface area contributed by atoms with Gasteiger partial charge in [0.2, 0.25) is 5.95 Å². The molecule has 3 heterocycles. The molecule has 6 nitrogen and oxygen atoms in total. The highest BCUT2D eigenvalue weighted by molar-refractivity contribution is 5.80. The number of nitrogens with one attached hydrogen (secondary N) is 1. The van der Waals surface area contributed by atoms with Crippen molar-refractivity contribution in [2.45, 2.75) is 0 Å². The molecule has 0 aliphatic heterocycles. The lowest BCUT2D eigenvalue weighted by atomic mass is 10.2. The van der Waals surface area contributed by atoms with Gasteiger partial charge in [0.1, 0.15) is 0 Å². The Hall–Kier alpha value is -3.28. The largest absolute Gasteiger partial charge is 0.334 e. The molecule has 23 heavy (non-hydrogen) atoms. The normalized spacial score (nSPS) is 10.8. The Morgan fingerprint density at radius 3 is 2.74 bits per heavy atom. The Morgan fingerprint density at radius 1 is 0.913 bits per heavy atom. The van der Waals surface area contributed by atoms with Gasteiger partial charge in [-0.05, 0) is 36.4 Å². The monoisotopic (exact) mass is 302 g/mol. The van der Waals surface area contributed by atoms with Crippen LogP contribution in [0, 0.1) is 0 Å². The Balaban J connectivity index is 1.65. The predicted molar refractivity (Wildman–Crippen MR) is 89.3 cm³/mol. The number of pyridine rings is 1. The number of anilines is 2. The third kappa shape index (κ3) is 2.62. The van der Waals surface area contributed by atoms with Crippen molar-refractivity contribution in [2.75, 3.05) is 5.32 Å². The lowest BCUT2D eigenvalue weighted by Crippen LogP contribution is -1.98. The molecule has 4 rings (SSSR count). The zero-order valence-electron chi connectivity index (χ0n) is 12.5. The highest BCUT2D eigenvalue weighted by Crippen LogP contribution is 2.21. The number of fused-ring (bicyclic) bond motifs is 1. The van der Waals surface area contributed by atoms with Crippen molar-refractivity contribution < 1.29 is 0 Å². The second-order valence-electron chi connectivity index (χ2n) is 5.16. The highest BCUT2D eigenvalue weighted by atomic mass is 15.1. The minimum atomic E-state index is 0.531. The minimum Gasteiger partial charge on any atom is -0.334 e. The predicted octanol–water partition coefficient (Wildman–Crippen LogP) is 3.17. The fraction of sp³-hybridized carbons (Fsp3) is 0.0588. The van der Waals surface area contributed by atoms with E-state index in [1.807, 2.05) is 54.1 Å². The molecule has 4 aromatic rings. The van der Waals surface area contributed by atoms with E-state index in [1.165, 1.54) is 0 Å². The number of aromatic nitrogens is 5. The summed E-state index contributed by atoms with van der Waals surface area (Å²) in [5.41, 5.74) is 4.51. The third-order valence-electron chi connectivity index (χ3n) is 3.56. The van der Waals surface area contributed by atoms with E-state index < -0.39 is 0 Å². The van der Waals surface area contributed by atoms with Crippen molar-refractivity contribution in [3.05, 3.63) is 61.2 Å². The maximum absolute atomic E-state index is 4.51. The van der Waals surface area contributed by atoms with Gasteiger partial charge in [0.25, 0.3) is 0 Å². The van der Waals surface area contributed by atoms with Gasteiger partial charge in [0.15, 0.2) is 0 Å². The summed E-state index contributed by atoms with van der Waals surface area (Å²) in [6.07, 6.45) is 5.27. The SMILES string of the molecule is Cn1cnc2cc(Nc3nccc(-c4ccccn4)n3)ccc21. The molecule has 3 aromatic heterocycles. The molecular formula is C17H14N6. The molecule has 1 aromatic carbocycles. The second-order valence-corrected chi connectivity index (χ2v) is 5.16. The van der Waals surface area contributed by atoms with Crippen molar-refractivity contribution in [2.24, 2.45) is 7.05 Å². The standard InChI is InChI=1S/C17H14N6/c1-23-11-20-15-10-12(5-6-16(15)23)21-17-19-9-7-14(22-17)13-4-2-3-8-18-13/h2-11H,1H3,(H,19,21,22). The Kier molecular flexibility index (Phi) is 3.20. The van der Waals surface area contributed by atoms with E-state index in [1.54, 1.807) is 18.7 Å². The Labute approximate surface area is 132 Å². The lowest BCUT2D eigenvalue weighted by Gasteiger charge is -2.06. The average molecular weight is 302 g/mol. The van der Waals surface area contributed by atoms with E-state index >= 15 is 0 Å². The van der Waals surface area contributed by atoms with Crippen molar-refractivity contribution >= 4 is 22.7 Å². The molecule has 6 heteroatoms. The van der Waals surface area contributed by atoms with Crippen LogP contribution in [-0.4, -0.2) is 24.5 Å². The van der Waals surface area contributed by atoms with Crippen molar-refractivity contribution in [1.82, 2.24) is 24.5 Å². The van der Waals surface area contributed by atoms with Crippen LogP contribution in [0.25, 0.3) is 22.4 Å². The number of rotatable bonds is 3. The van der Waals surface area contributed by atoms with Gasteiger partial charge in [-0.15, -0.1) is 0 Å². The number of hydrogen-bond donors (Lipinski definition) is 1. The van der Waals surface area contributed by atoms with Crippen LogP contribution < -0.4 is 5.32 Å². The molecule has 0 saturated carbocycles. The number of hydrogen-bond acceptors (Lipinski definition) is 5. The smallest absolute Gasteiger partial charge is 0.227 e. The van der Waals surface area contributed by atoms with Crippen LogP contribution in [0.2, 0.25) is 0 Å². The van der Waals surface area contributed by atoms with Crippen molar-refractivity contribution in [3.8, 4) is 11.4 Å². The molecule has 0 atom stereocenters. The summed E-state index contributed by atoms with van der Waals surface area (Å²) < 4.78 is 1.98. The summed E-state index contributed by atoms with van der Waals surface area (Å²) in [5.74, 6) is 0.531. The Bertz CT molecular complexity index is 961. The van der Waals surface area contributed by atoms with E-state index in [-0.39, 0.29) is 0 Å². The molecule has 0 aliphatic carbocycles. The summed E-state index contributed by atoms with van der Waals surface area (Å²) in [6.45, 7) is 0. The first kappa shape index (κ1) is 13.4. The average Bonchev–Trinajstić information content (AvgIpc) is 2.97. The number of nitrogens with zero attached hydrogens (tertiary/aromatic N) is 5. The van der Waals surface area contributed by atoms with Gasteiger partial charge in [0, 0.05) is 25.1 Å². The van der Waals surface area contributed by atoms with Crippen molar-refractivity contribution in [1.29, 1.82) is 0 Å². The topological polar surface area (TPSA) is 68.5 Å². The zero-order chi connectivity index (χ0) is 15.6. The zero-order valence-corrected chi connectivity index (χ0v) is 12.5. The highest BCUT2D eigenvalue weighted by Gasteiger charge is 2.05. The second kappa shape index (κ2) is 5.49. The molecule has 0 spiro atoms. The molecular weight excluding hydrogens is 288 g/mol. The van der Waals surface area contributed by atoms with Gasteiger partial charge in [-0.2, -0.15) is 0 Å². The van der Waals surface area contributed by atoms with Gasteiger partial charge < -0.3 is 9.88 Å². The first-order valence-electron chi connectivity index (χ1n) is 7.22. The number of imidazole rings is 1. The van der Waals surface area contributed by atoms with Gasteiger partial charge >= 0.3 is 0 Å². The maximum Gasteiger partial charge on any atom is 0.227 e. The Morgan fingerprint density at radius 2 is 1.87 bits per heavy atom. The number of aryl methyl sites for hydroxylation is 1. The van der Waals surface area contributed by atoms with Crippen LogP contribution in [-0.2, 0) is 7.05 Å². The fourth-order valence-corrected chi connectivity index (χ4v) is 2.42. The number of benzene rings is 1. The summed E-state index contributed by atoms with van der Waals surface area (Å²) >= 11 is 0. The molecule has 0 saturated heterocycles.